The number of oxazole rings is 1. The van der Waals surface area contributed by atoms with Gasteiger partial charge in [0.05, 0.1) is 12.2 Å². The van der Waals surface area contributed by atoms with Gasteiger partial charge in [0.1, 0.15) is 12.0 Å². The second-order valence-corrected chi connectivity index (χ2v) is 8.09. The molecule has 2 aromatic carbocycles. The second-order valence-electron chi connectivity index (χ2n) is 7.66. The average Bonchev–Trinajstić information content (AvgIpc) is 3.44. The number of carbonyl (C=O) groups is 2. The van der Waals surface area contributed by atoms with Gasteiger partial charge < -0.3 is 30.0 Å². The molecule has 2 atom stereocenters. The van der Waals surface area contributed by atoms with Gasteiger partial charge in [-0.2, -0.15) is 0 Å². The summed E-state index contributed by atoms with van der Waals surface area (Å²) in [4.78, 5) is 30.5. The van der Waals surface area contributed by atoms with Crippen LogP contribution in [0, 0.1) is 0 Å². The van der Waals surface area contributed by atoms with Gasteiger partial charge in [0.15, 0.2) is 12.2 Å². The molecular weight excluding hydrogens is 450 g/mol. The Morgan fingerprint density at radius 1 is 1.18 bits per heavy atom. The maximum atomic E-state index is 12.7. The van der Waals surface area contributed by atoms with Crippen molar-refractivity contribution in [3.05, 3.63) is 76.5 Å². The molecule has 1 aliphatic heterocycles. The molecule has 0 saturated heterocycles. The SMILES string of the molecule is O=C(NCc1nc(Cc2ccccc2O)co1)[C@H](O)[C@@H](O)C(=O)N1CCc2cc(Cl)ccc21. The van der Waals surface area contributed by atoms with Crippen LogP contribution in [0.3, 0.4) is 0 Å². The number of aliphatic hydroxyl groups is 2. The Balaban J connectivity index is 1.32. The molecule has 9 nitrogen and oxygen atoms in total. The minimum atomic E-state index is -1.97. The van der Waals surface area contributed by atoms with Gasteiger partial charge in [0.2, 0.25) is 5.89 Å². The van der Waals surface area contributed by atoms with E-state index < -0.39 is 24.0 Å². The van der Waals surface area contributed by atoms with Crippen molar-refractivity contribution >= 4 is 29.1 Å². The van der Waals surface area contributed by atoms with E-state index in [-0.39, 0.29) is 18.2 Å². The fourth-order valence-electron chi connectivity index (χ4n) is 3.67. The fourth-order valence-corrected chi connectivity index (χ4v) is 3.87. The molecule has 0 saturated carbocycles. The molecule has 10 heteroatoms. The number of phenolic OH excluding ortho intramolecular Hbond substituents is 1. The molecule has 3 aromatic rings. The van der Waals surface area contributed by atoms with Crippen LogP contribution in [0.4, 0.5) is 5.69 Å². The van der Waals surface area contributed by atoms with Gasteiger partial charge in [-0.15, -0.1) is 0 Å². The number of carbonyl (C=O) groups excluding carboxylic acids is 2. The summed E-state index contributed by atoms with van der Waals surface area (Å²) in [6.07, 6.45) is -1.61. The van der Waals surface area contributed by atoms with E-state index in [0.717, 1.165) is 5.56 Å². The van der Waals surface area contributed by atoms with Crippen LogP contribution in [0.1, 0.15) is 22.7 Å². The second kappa shape index (κ2) is 9.62. The third kappa shape index (κ3) is 5.00. The van der Waals surface area contributed by atoms with Gasteiger partial charge in [-0.25, -0.2) is 4.98 Å². The number of aliphatic hydroxyl groups excluding tert-OH is 2. The molecule has 4 N–H and O–H groups in total. The minimum Gasteiger partial charge on any atom is -0.508 e. The van der Waals surface area contributed by atoms with E-state index in [4.69, 9.17) is 16.0 Å². The summed E-state index contributed by atoms with van der Waals surface area (Å²) in [6, 6.07) is 11.9. The lowest BCUT2D eigenvalue weighted by Crippen LogP contribution is -2.50. The van der Waals surface area contributed by atoms with E-state index in [1.165, 1.54) is 11.2 Å². The van der Waals surface area contributed by atoms with Crippen LogP contribution in [0.2, 0.25) is 5.02 Å². The lowest BCUT2D eigenvalue weighted by Gasteiger charge is -2.23. The topological polar surface area (TPSA) is 136 Å². The molecule has 0 spiro atoms. The van der Waals surface area contributed by atoms with Crippen LogP contribution in [-0.2, 0) is 29.0 Å². The Morgan fingerprint density at radius 3 is 2.76 bits per heavy atom. The van der Waals surface area contributed by atoms with Crippen LogP contribution in [-0.4, -0.2) is 50.9 Å². The Morgan fingerprint density at radius 2 is 1.97 bits per heavy atom. The summed E-state index contributed by atoms with van der Waals surface area (Å²) in [5, 5.41) is 33.3. The van der Waals surface area contributed by atoms with E-state index in [1.54, 1.807) is 42.5 Å². The van der Waals surface area contributed by atoms with Gasteiger partial charge in [0, 0.05) is 23.7 Å². The number of nitrogens with one attached hydrogen (secondary N) is 1. The molecular formula is C23H22ClN3O6. The summed E-state index contributed by atoms with van der Waals surface area (Å²) in [5.74, 6) is -1.40. The largest absolute Gasteiger partial charge is 0.508 e. The Kier molecular flexibility index (Phi) is 6.64. The molecule has 1 aromatic heterocycles. The number of nitrogens with zero attached hydrogens (tertiary/aromatic N) is 2. The zero-order valence-corrected chi connectivity index (χ0v) is 18.2. The number of amides is 2. The van der Waals surface area contributed by atoms with Crippen LogP contribution in [0.15, 0.2) is 53.1 Å². The van der Waals surface area contributed by atoms with Crippen molar-refractivity contribution in [3.63, 3.8) is 0 Å². The van der Waals surface area contributed by atoms with Crippen molar-refractivity contribution < 1.29 is 29.3 Å². The highest BCUT2D eigenvalue weighted by Crippen LogP contribution is 2.31. The third-order valence-electron chi connectivity index (χ3n) is 5.40. The summed E-state index contributed by atoms with van der Waals surface area (Å²) in [7, 11) is 0. The van der Waals surface area contributed by atoms with Crippen molar-refractivity contribution in [2.75, 3.05) is 11.4 Å². The summed E-state index contributed by atoms with van der Waals surface area (Å²) < 4.78 is 5.31. The van der Waals surface area contributed by atoms with Crippen LogP contribution >= 0.6 is 11.6 Å². The quantitative estimate of drug-likeness (QED) is 0.410. The lowest BCUT2D eigenvalue weighted by molar-refractivity contribution is -0.144. The lowest BCUT2D eigenvalue weighted by atomic mass is 10.1. The molecule has 4 rings (SSSR count). The number of aromatic nitrogens is 1. The fraction of sp³-hybridized carbons (Fsp3) is 0.261. The molecule has 172 valence electrons. The molecule has 0 bridgehead atoms. The summed E-state index contributed by atoms with van der Waals surface area (Å²) >= 11 is 5.97. The summed E-state index contributed by atoms with van der Waals surface area (Å²) in [5.41, 5.74) is 2.66. The van der Waals surface area contributed by atoms with E-state index in [0.29, 0.717) is 41.4 Å². The Bertz CT molecular complexity index is 1180. The smallest absolute Gasteiger partial charge is 0.259 e. The highest BCUT2D eigenvalue weighted by molar-refractivity contribution is 6.30. The van der Waals surface area contributed by atoms with Gasteiger partial charge in [-0.1, -0.05) is 29.8 Å². The number of phenols is 1. The number of fused-ring (bicyclic) bond motifs is 1. The Hall–Kier alpha value is -3.40. The maximum Gasteiger partial charge on any atom is 0.259 e. The standard InChI is InChI=1S/C23H22ClN3O6/c24-15-5-6-17-13(9-15)7-8-27(17)23(32)21(30)20(29)22(31)25-11-19-26-16(12-33-19)10-14-3-1-2-4-18(14)28/h1-6,9,12,20-21,28-30H,7-8,10-11H2,(H,25,31)/t20-,21-/m1/s1. The predicted octanol–water partition coefficient (Wildman–Crippen LogP) is 1.55. The Labute approximate surface area is 194 Å². The van der Waals surface area contributed by atoms with E-state index >= 15 is 0 Å². The number of rotatable bonds is 7. The third-order valence-corrected chi connectivity index (χ3v) is 5.64. The van der Waals surface area contributed by atoms with Crippen molar-refractivity contribution in [2.45, 2.75) is 31.6 Å². The molecule has 2 heterocycles. The first-order chi connectivity index (χ1) is 15.8. The van der Waals surface area contributed by atoms with E-state index in [2.05, 4.69) is 10.3 Å². The van der Waals surface area contributed by atoms with Gasteiger partial charge in [-0.05, 0) is 41.8 Å². The van der Waals surface area contributed by atoms with Gasteiger partial charge >= 0.3 is 0 Å². The highest BCUT2D eigenvalue weighted by Gasteiger charge is 2.36. The molecule has 0 fully saturated rings. The van der Waals surface area contributed by atoms with Crippen LogP contribution in [0.25, 0.3) is 0 Å². The van der Waals surface area contributed by atoms with Gasteiger partial charge in [-0.3, -0.25) is 9.59 Å². The molecule has 2 amide bonds. The first kappa shape index (κ1) is 22.8. The maximum absolute atomic E-state index is 12.7. The molecule has 33 heavy (non-hydrogen) atoms. The number of para-hydroxylation sites is 1. The first-order valence-electron chi connectivity index (χ1n) is 10.3. The number of hydrogen-bond donors (Lipinski definition) is 4. The number of benzene rings is 2. The molecule has 1 aliphatic rings. The van der Waals surface area contributed by atoms with Crippen molar-refractivity contribution in [2.24, 2.45) is 0 Å². The van der Waals surface area contributed by atoms with Crippen molar-refractivity contribution in [3.8, 4) is 5.75 Å². The van der Waals surface area contributed by atoms with Crippen molar-refractivity contribution in [1.29, 1.82) is 0 Å². The first-order valence-corrected chi connectivity index (χ1v) is 10.6. The highest BCUT2D eigenvalue weighted by atomic mass is 35.5. The minimum absolute atomic E-state index is 0.140. The zero-order valence-electron chi connectivity index (χ0n) is 17.4. The molecule has 0 radical (unpaired) electrons. The molecule has 0 aliphatic carbocycles. The number of anilines is 1. The average molecular weight is 472 g/mol. The van der Waals surface area contributed by atoms with Crippen LogP contribution < -0.4 is 10.2 Å². The van der Waals surface area contributed by atoms with E-state index in [9.17, 15) is 24.9 Å². The van der Waals surface area contributed by atoms with Gasteiger partial charge in [0.25, 0.3) is 11.8 Å². The van der Waals surface area contributed by atoms with E-state index in [1.807, 2.05) is 0 Å². The normalized spacial score (nSPS) is 14.6. The zero-order chi connectivity index (χ0) is 23.5. The number of halogens is 1. The summed E-state index contributed by atoms with van der Waals surface area (Å²) in [6.45, 7) is 0.165. The number of hydrogen-bond acceptors (Lipinski definition) is 7. The molecule has 0 unspecified atom stereocenters. The monoisotopic (exact) mass is 471 g/mol. The van der Waals surface area contributed by atoms with Crippen LogP contribution in [0.5, 0.6) is 5.75 Å². The number of aromatic hydroxyl groups is 1. The predicted molar refractivity (Wildman–Crippen MR) is 119 cm³/mol. The van der Waals surface area contributed by atoms with Crippen molar-refractivity contribution in [1.82, 2.24) is 10.3 Å².